The quantitative estimate of drug-likeness (QED) is 0.714. The van der Waals surface area contributed by atoms with Gasteiger partial charge in [-0.25, -0.2) is 0 Å². The molecular formula is C10H20O6Si2. The standard InChI is InChI=1S/C10H20O6Si2/c1-8(11)14-18(15-9(2)12,16-10(3)13)7-17(4,5)6/h7H2,1-6H3. The Bertz CT molecular complexity index is 306. The molecular weight excluding hydrogens is 272 g/mol. The van der Waals surface area contributed by atoms with Crippen LogP contribution in [0.4, 0.5) is 0 Å². The third kappa shape index (κ3) is 7.22. The maximum atomic E-state index is 11.2. The Labute approximate surface area is 109 Å². The predicted octanol–water partition coefficient (Wildman–Crippen LogP) is 1.49. The molecule has 0 bridgehead atoms. The molecule has 0 saturated heterocycles. The third-order valence-electron chi connectivity index (χ3n) is 1.64. The topological polar surface area (TPSA) is 78.9 Å². The smallest absolute Gasteiger partial charge is 0.455 e. The molecule has 0 radical (unpaired) electrons. The first-order valence-corrected chi connectivity index (χ1v) is 11.2. The van der Waals surface area contributed by atoms with Crippen LogP contribution in [0.3, 0.4) is 0 Å². The van der Waals surface area contributed by atoms with Crippen LogP contribution >= 0.6 is 0 Å². The minimum Gasteiger partial charge on any atom is -0.455 e. The molecule has 0 aromatic heterocycles. The van der Waals surface area contributed by atoms with Crippen molar-refractivity contribution in [2.24, 2.45) is 0 Å². The number of hydrogen-bond donors (Lipinski definition) is 0. The number of carbonyl (C=O) groups is 3. The number of hydrogen-bond acceptors (Lipinski definition) is 6. The SMILES string of the molecule is CC(=O)O[Si](C[Si](C)(C)C)(OC(C)=O)OC(C)=O. The van der Waals surface area contributed by atoms with Crippen LogP contribution in [0.2, 0.25) is 25.3 Å². The Balaban J connectivity index is 5.29. The monoisotopic (exact) mass is 292 g/mol. The van der Waals surface area contributed by atoms with Crippen molar-refractivity contribution in [1.82, 2.24) is 0 Å². The van der Waals surface area contributed by atoms with Gasteiger partial charge >= 0.3 is 8.80 Å². The second kappa shape index (κ2) is 6.14. The fourth-order valence-corrected chi connectivity index (χ4v) is 8.98. The van der Waals surface area contributed by atoms with E-state index in [9.17, 15) is 14.4 Å². The summed E-state index contributed by atoms with van der Waals surface area (Å²) in [5.41, 5.74) is 0.318. The van der Waals surface area contributed by atoms with Crippen molar-refractivity contribution < 1.29 is 27.7 Å². The summed E-state index contributed by atoms with van der Waals surface area (Å²) < 4.78 is 15.3. The predicted molar refractivity (Wildman–Crippen MR) is 69.2 cm³/mol. The van der Waals surface area contributed by atoms with Crippen LogP contribution in [0.25, 0.3) is 0 Å². The van der Waals surface area contributed by atoms with Crippen LogP contribution in [0, 0.1) is 0 Å². The molecule has 0 aliphatic carbocycles. The van der Waals surface area contributed by atoms with E-state index in [1.54, 1.807) is 0 Å². The minimum absolute atomic E-state index is 0.318. The summed E-state index contributed by atoms with van der Waals surface area (Å²) in [6.07, 6.45) is 0. The third-order valence-corrected chi connectivity index (χ3v) is 9.41. The zero-order chi connectivity index (χ0) is 14.6. The molecule has 8 heteroatoms. The van der Waals surface area contributed by atoms with Gasteiger partial charge in [0.15, 0.2) is 0 Å². The summed E-state index contributed by atoms with van der Waals surface area (Å²) >= 11 is 0. The molecule has 0 spiro atoms. The lowest BCUT2D eigenvalue weighted by atomic mass is 10.9. The largest absolute Gasteiger partial charge is 0.702 e. The Kier molecular flexibility index (Phi) is 5.75. The van der Waals surface area contributed by atoms with Crippen molar-refractivity contribution in [3.63, 3.8) is 0 Å². The summed E-state index contributed by atoms with van der Waals surface area (Å²) in [6, 6.07) is 0. The van der Waals surface area contributed by atoms with E-state index in [2.05, 4.69) is 0 Å². The number of carbonyl (C=O) groups excluding carboxylic acids is 3. The van der Waals surface area contributed by atoms with Gasteiger partial charge in [0.2, 0.25) is 0 Å². The molecule has 0 amide bonds. The molecule has 0 unspecified atom stereocenters. The van der Waals surface area contributed by atoms with Gasteiger partial charge in [-0.2, -0.15) is 0 Å². The molecule has 0 rings (SSSR count). The highest BCUT2D eigenvalue weighted by atomic mass is 28.4. The van der Waals surface area contributed by atoms with Gasteiger partial charge in [-0.1, -0.05) is 19.6 Å². The molecule has 0 atom stereocenters. The summed E-state index contributed by atoms with van der Waals surface area (Å²) in [4.78, 5) is 33.5. The summed E-state index contributed by atoms with van der Waals surface area (Å²) in [5.74, 6) is -1.87. The van der Waals surface area contributed by atoms with Crippen LogP contribution in [0.1, 0.15) is 20.8 Å². The Morgan fingerprint density at radius 3 is 1.22 bits per heavy atom. The molecule has 6 nitrogen and oxygen atoms in total. The van der Waals surface area contributed by atoms with Crippen molar-refractivity contribution in [3.05, 3.63) is 0 Å². The Hall–Kier alpha value is -1.16. The lowest BCUT2D eigenvalue weighted by molar-refractivity contribution is -0.147. The van der Waals surface area contributed by atoms with Crippen LogP contribution in [0.5, 0.6) is 0 Å². The summed E-state index contributed by atoms with van der Waals surface area (Å²) in [7, 11) is -5.37. The average Bonchev–Trinajstić information content (AvgIpc) is 1.92. The van der Waals surface area contributed by atoms with Gasteiger partial charge in [-0.05, 0) is 0 Å². The van der Waals surface area contributed by atoms with E-state index in [0.29, 0.717) is 5.67 Å². The molecule has 18 heavy (non-hydrogen) atoms. The van der Waals surface area contributed by atoms with Crippen molar-refractivity contribution in [1.29, 1.82) is 0 Å². The highest BCUT2D eigenvalue weighted by Crippen LogP contribution is 2.24. The van der Waals surface area contributed by atoms with Gasteiger partial charge in [-0.3, -0.25) is 14.4 Å². The van der Waals surface area contributed by atoms with Gasteiger partial charge in [0.25, 0.3) is 17.9 Å². The second-order valence-corrected chi connectivity index (χ2v) is 13.7. The van der Waals surface area contributed by atoms with E-state index >= 15 is 0 Å². The molecule has 0 aliphatic rings. The minimum atomic E-state index is -3.61. The van der Waals surface area contributed by atoms with Gasteiger partial charge in [0.1, 0.15) is 0 Å². The highest BCUT2D eigenvalue weighted by Gasteiger charge is 2.54. The summed E-state index contributed by atoms with van der Waals surface area (Å²) in [5, 5.41) is 0. The van der Waals surface area contributed by atoms with Crippen molar-refractivity contribution >= 4 is 34.8 Å². The maximum Gasteiger partial charge on any atom is 0.702 e. The van der Waals surface area contributed by atoms with E-state index in [1.807, 2.05) is 19.6 Å². The normalized spacial score (nSPS) is 11.7. The van der Waals surface area contributed by atoms with E-state index in [1.165, 1.54) is 20.8 Å². The molecule has 0 aromatic carbocycles. The van der Waals surface area contributed by atoms with Gasteiger partial charge in [0.05, 0.1) is 8.07 Å². The van der Waals surface area contributed by atoms with E-state index in [0.717, 1.165) is 0 Å². The molecule has 0 aliphatic heterocycles. The molecule has 0 fully saturated rings. The Morgan fingerprint density at radius 1 is 0.778 bits per heavy atom. The van der Waals surface area contributed by atoms with Crippen LogP contribution < -0.4 is 0 Å². The lowest BCUT2D eigenvalue weighted by Crippen LogP contribution is -2.53. The van der Waals surface area contributed by atoms with Crippen LogP contribution in [-0.4, -0.2) is 34.8 Å². The maximum absolute atomic E-state index is 11.2. The fourth-order valence-electron chi connectivity index (χ4n) is 1.48. The van der Waals surface area contributed by atoms with E-state index in [-0.39, 0.29) is 0 Å². The van der Waals surface area contributed by atoms with E-state index < -0.39 is 34.8 Å². The fraction of sp³-hybridized carbons (Fsp3) is 0.700. The lowest BCUT2D eigenvalue weighted by Gasteiger charge is -2.30. The van der Waals surface area contributed by atoms with Gasteiger partial charge < -0.3 is 13.3 Å². The highest BCUT2D eigenvalue weighted by molar-refractivity contribution is 6.89. The zero-order valence-electron chi connectivity index (χ0n) is 11.7. The molecule has 104 valence electrons. The van der Waals surface area contributed by atoms with Gasteiger partial charge in [0, 0.05) is 26.4 Å². The Morgan fingerprint density at radius 2 is 1.06 bits per heavy atom. The van der Waals surface area contributed by atoms with Crippen LogP contribution in [0.15, 0.2) is 0 Å². The van der Waals surface area contributed by atoms with Gasteiger partial charge in [-0.15, -0.1) is 0 Å². The first-order chi connectivity index (χ1) is 7.96. The zero-order valence-corrected chi connectivity index (χ0v) is 13.7. The summed E-state index contributed by atoms with van der Waals surface area (Å²) in [6.45, 7) is 9.60. The first kappa shape index (κ1) is 16.8. The van der Waals surface area contributed by atoms with Crippen molar-refractivity contribution in [2.75, 3.05) is 0 Å². The molecule has 0 saturated carbocycles. The van der Waals surface area contributed by atoms with E-state index in [4.69, 9.17) is 13.3 Å². The van der Waals surface area contributed by atoms with Crippen LogP contribution in [-0.2, 0) is 27.7 Å². The van der Waals surface area contributed by atoms with Crippen molar-refractivity contribution in [3.8, 4) is 0 Å². The second-order valence-electron chi connectivity index (χ2n) is 5.20. The molecule has 0 aromatic rings. The average molecular weight is 292 g/mol. The molecule has 0 heterocycles. The van der Waals surface area contributed by atoms with Crippen molar-refractivity contribution in [2.45, 2.75) is 46.1 Å². The number of rotatable bonds is 5. The molecule has 0 N–H and O–H groups in total. The first-order valence-electron chi connectivity index (χ1n) is 5.54.